The van der Waals surface area contributed by atoms with E-state index in [-0.39, 0.29) is 28.2 Å². The maximum absolute atomic E-state index is 12.7. The highest BCUT2D eigenvalue weighted by Crippen LogP contribution is 2.31. The molecule has 11 heteroatoms. The van der Waals surface area contributed by atoms with Crippen LogP contribution in [-0.2, 0) is 4.79 Å². The summed E-state index contributed by atoms with van der Waals surface area (Å²) < 4.78 is 5.34. The van der Waals surface area contributed by atoms with Gasteiger partial charge in [-0.1, -0.05) is 13.8 Å². The Morgan fingerprint density at radius 2 is 1.80 bits per heavy atom. The predicted molar refractivity (Wildman–Crippen MR) is 139 cm³/mol. The molecule has 2 aromatic rings. The number of piperidine rings is 1. The Morgan fingerprint density at radius 3 is 2.43 bits per heavy atom. The third-order valence-electron chi connectivity index (χ3n) is 5.60. The summed E-state index contributed by atoms with van der Waals surface area (Å²) in [4.78, 5) is 37.9. The molecule has 0 saturated carbocycles. The number of carbonyl (C=O) groups excluding carboxylic acids is 2. The summed E-state index contributed by atoms with van der Waals surface area (Å²) in [6.45, 7) is 5.08. The molecule has 10 nitrogen and oxygen atoms in total. The molecule has 3 rings (SSSR count). The number of hydrogen-bond donors (Lipinski definition) is 3. The number of benzene rings is 2. The zero-order valence-electron chi connectivity index (χ0n) is 19.9. The van der Waals surface area contributed by atoms with E-state index in [4.69, 9.17) is 17.0 Å². The highest BCUT2D eigenvalue weighted by molar-refractivity contribution is 7.80. The van der Waals surface area contributed by atoms with Crippen molar-refractivity contribution in [3.8, 4) is 5.75 Å². The molecule has 0 bridgehead atoms. The van der Waals surface area contributed by atoms with Crippen molar-refractivity contribution in [3.63, 3.8) is 0 Å². The highest BCUT2D eigenvalue weighted by Gasteiger charge is 2.23. The summed E-state index contributed by atoms with van der Waals surface area (Å²) >= 11 is 5.25. The molecule has 1 saturated heterocycles. The van der Waals surface area contributed by atoms with E-state index in [0.717, 1.165) is 32.4 Å². The van der Waals surface area contributed by atoms with Gasteiger partial charge in [0.2, 0.25) is 5.91 Å². The third kappa shape index (κ3) is 6.66. The predicted octanol–water partition coefficient (Wildman–Crippen LogP) is 4.32. The smallest absolute Gasteiger partial charge is 0.293 e. The molecule has 1 aliphatic heterocycles. The van der Waals surface area contributed by atoms with Crippen LogP contribution >= 0.6 is 12.2 Å². The lowest BCUT2D eigenvalue weighted by Crippen LogP contribution is -2.34. The molecule has 1 heterocycles. The zero-order chi connectivity index (χ0) is 25.5. The molecular weight excluding hydrogens is 470 g/mol. The van der Waals surface area contributed by atoms with Crippen LogP contribution in [0.5, 0.6) is 5.75 Å². The number of nitro groups is 1. The van der Waals surface area contributed by atoms with E-state index in [0.29, 0.717) is 22.8 Å². The van der Waals surface area contributed by atoms with E-state index >= 15 is 0 Å². The van der Waals surface area contributed by atoms with E-state index in [2.05, 4.69) is 16.0 Å². The van der Waals surface area contributed by atoms with Gasteiger partial charge in [-0.05, 0) is 55.7 Å². The second-order valence-corrected chi connectivity index (χ2v) is 8.88. The molecule has 1 fully saturated rings. The average molecular weight is 500 g/mol. The Hall–Kier alpha value is -3.73. The SMILES string of the molecule is COc1cc(NC(=S)NC(=O)c2ccc(N3CCCCC3)c([N+](=O)[O-])c2)ccc1NC(=O)C(C)C. The van der Waals surface area contributed by atoms with Gasteiger partial charge < -0.3 is 20.3 Å². The summed E-state index contributed by atoms with van der Waals surface area (Å²) in [5.41, 5.74) is 1.57. The molecule has 3 N–H and O–H groups in total. The monoisotopic (exact) mass is 499 g/mol. The zero-order valence-corrected chi connectivity index (χ0v) is 20.7. The van der Waals surface area contributed by atoms with Crippen molar-refractivity contribution in [3.05, 3.63) is 52.1 Å². The Morgan fingerprint density at radius 1 is 1.09 bits per heavy atom. The number of nitro benzene ring substituents is 1. The van der Waals surface area contributed by atoms with E-state index in [1.165, 1.54) is 13.2 Å². The highest BCUT2D eigenvalue weighted by atomic mass is 32.1. The number of thiocarbonyl (C=S) groups is 1. The van der Waals surface area contributed by atoms with Crippen molar-refractivity contribution < 1.29 is 19.2 Å². The maximum Gasteiger partial charge on any atom is 0.293 e. The number of hydrogen-bond acceptors (Lipinski definition) is 7. The van der Waals surface area contributed by atoms with Gasteiger partial charge in [0.25, 0.3) is 11.6 Å². The second kappa shape index (κ2) is 11.6. The quantitative estimate of drug-likeness (QED) is 0.292. The first-order valence-corrected chi connectivity index (χ1v) is 11.7. The fourth-order valence-electron chi connectivity index (χ4n) is 3.70. The van der Waals surface area contributed by atoms with Gasteiger partial charge in [0.15, 0.2) is 5.11 Å². The summed E-state index contributed by atoms with van der Waals surface area (Å²) in [7, 11) is 1.48. The number of anilines is 3. The molecule has 186 valence electrons. The van der Waals surface area contributed by atoms with Crippen molar-refractivity contribution in [1.82, 2.24) is 5.32 Å². The lowest BCUT2D eigenvalue weighted by atomic mass is 10.1. The molecule has 0 unspecified atom stereocenters. The molecule has 35 heavy (non-hydrogen) atoms. The molecule has 1 aliphatic rings. The Balaban J connectivity index is 1.69. The van der Waals surface area contributed by atoms with Crippen LogP contribution < -0.4 is 25.6 Å². The van der Waals surface area contributed by atoms with Crippen molar-refractivity contribution in [2.75, 3.05) is 35.7 Å². The van der Waals surface area contributed by atoms with E-state index in [9.17, 15) is 19.7 Å². The summed E-state index contributed by atoms with van der Waals surface area (Å²) in [6.07, 6.45) is 3.07. The number of nitrogens with zero attached hydrogens (tertiary/aromatic N) is 2. The standard InChI is InChI=1S/C24H29N5O5S/c1-15(2)22(30)26-18-9-8-17(14-21(18)34-3)25-24(35)27-23(31)16-7-10-19(20(13-16)29(32)33)28-11-5-4-6-12-28/h7-10,13-15H,4-6,11-12H2,1-3H3,(H,26,30)(H2,25,27,31,35). The van der Waals surface area contributed by atoms with Crippen LogP contribution in [0.4, 0.5) is 22.7 Å². The first-order chi connectivity index (χ1) is 16.7. The van der Waals surface area contributed by atoms with Crippen molar-refractivity contribution >= 4 is 51.9 Å². The largest absolute Gasteiger partial charge is 0.494 e. The van der Waals surface area contributed by atoms with Crippen LogP contribution in [0.25, 0.3) is 0 Å². The minimum absolute atomic E-state index is 0.0128. The van der Waals surface area contributed by atoms with Gasteiger partial charge in [0.1, 0.15) is 11.4 Å². The lowest BCUT2D eigenvalue weighted by Gasteiger charge is -2.28. The average Bonchev–Trinajstić information content (AvgIpc) is 2.84. The van der Waals surface area contributed by atoms with Crippen LogP contribution in [0.3, 0.4) is 0 Å². The number of methoxy groups -OCH3 is 1. The fraction of sp³-hybridized carbons (Fsp3) is 0.375. The molecule has 0 aromatic heterocycles. The van der Waals surface area contributed by atoms with Crippen molar-refractivity contribution in [2.24, 2.45) is 5.92 Å². The van der Waals surface area contributed by atoms with E-state index in [1.807, 2.05) is 4.90 Å². The van der Waals surface area contributed by atoms with Crippen LogP contribution in [0.2, 0.25) is 0 Å². The third-order valence-corrected chi connectivity index (χ3v) is 5.80. The molecule has 0 atom stereocenters. The minimum Gasteiger partial charge on any atom is -0.494 e. The molecule has 2 amide bonds. The van der Waals surface area contributed by atoms with Crippen molar-refractivity contribution in [1.29, 1.82) is 0 Å². The van der Waals surface area contributed by atoms with Gasteiger partial charge >= 0.3 is 0 Å². The Kier molecular flexibility index (Phi) is 8.58. The van der Waals surface area contributed by atoms with E-state index < -0.39 is 10.8 Å². The van der Waals surface area contributed by atoms with Crippen LogP contribution in [-0.4, -0.2) is 42.0 Å². The number of amides is 2. The van der Waals surface area contributed by atoms with Gasteiger partial charge in [0.05, 0.1) is 17.7 Å². The number of rotatable bonds is 7. The van der Waals surface area contributed by atoms with Crippen LogP contribution in [0.1, 0.15) is 43.5 Å². The topological polar surface area (TPSA) is 126 Å². The van der Waals surface area contributed by atoms with Crippen LogP contribution in [0, 0.1) is 16.0 Å². The van der Waals surface area contributed by atoms with Crippen LogP contribution in [0.15, 0.2) is 36.4 Å². The number of carbonyl (C=O) groups is 2. The number of nitrogens with one attached hydrogen (secondary N) is 3. The fourth-order valence-corrected chi connectivity index (χ4v) is 3.91. The molecule has 0 aliphatic carbocycles. The second-order valence-electron chi connectivity index (χ2n) is 8.48. The van der Waals surface area contributed by atoms with Gasteiger partial charge in [-0.3, -0.25) is 25.0 Å². The van der Waals surface area contributed by atoms with E-state index in [1.54, 1.807) is 44.2 Å². The summed E-state index contributed by atoms with van der Waals surface area (Å²) in [5, 5.41) is 19.9. The van der Waals surface area contributed by atoms with Gasteiger partial charge in [-0.25, -0.2) is 0 Å². The summed E-state index contributed by atoms with van der Waals surface area (Å²) in [6, 6.07) is 9.42. The van der Waals surface area contributed by atoms with Crippen molar-refractivity contribution in [2.45, 2.75) is 33.1 Å². The molecule has 0 spiro atoms. The molecule has 2 aromatic carbocycles. The molecule has 0 radical (unpaired) electrons. The normalized spacial score (nSPS) is 13.2. The van der Waals surface area contributed by atoms with Gasteiger partial charge in [0, 0.05) is 42.4 Å². The summed E-state index contributed by atoms with van der Waals surface area (Å²) in [5.74, 6) is -0.483. The minimum atomic E-state index is -0.566. The first-order valence-electron chi connectivity index (χ1n) is 11.3. The number of ether oxygens (including phenoxy) is 1. The Bertz CT molecular complexity index is 1130. The first kappa shape index (κ1) is 25.9. The lowest BCUT2D eigenvalue weighted by molar-refractivity contribution is -0.384. The maximum atomic E-state index is 12.7. The van der Waals surface area contributed by atoms with Gasteiger partial charge in [-0.2, -0.15) is 0 Å². The van der Waals surface area contributed by atoms with Gasteiger partial charge in [-0.15, -0.1) is 0 Å². The molecular formula is C24H29N5O5S. The Labute approximate surface area is 209 Å².